The van der Waals surface area contributed by atoms with Crippen molar-refractivity contribution in [3.05, 3.63) is 17.5 Å². The van der Waals surface area contributed by atoms with Crippen molar-refractivity contribution in [2.45, 2.75) is 39.5 Å². The van der Waals surface area contributed by atoms with Crippen molar-refractivity contribution in [3.63, 3.8) is 0 Å². The number of aliphatic hydroxyl groups excluding tert-OH is 1. The average molecular weight is 253 g/mol. The Morgan fingerprint density at radius 3 is 2.83 bits per heavy atom. The third kappa shape index (κ3) is 4.49. The SMILES string of the molecule is CCCC(CCO)CNC(=O)c1cc(CC)[nH]n1. The van der Waals surface area contributed by atoms with Crippen LogP contribution in [-0.2, 0) is 6.42 Å². The minimum Gasteiger partial charge on any atom is -0.396 e. The highest BCUT2D eigenvalue weighted by Crippen LogP contribution is 2.09. The van der Waals surface area contributed by atoms with Crippen LogP contribution in [0.5, 0.6) is 0 Å². The van der Waals surface area contributed by atoms with Crippen LogP contribution in [0, 0.1) is 5.92 Å². The summed E-state index contributed by atoms with van der Waals surface area (Å²) >= 11 is 0. The highest BCUT2D eigenvalue weighted by Gasteiger charge is 2.12. The number of aromatic nitrogens is 2. The molecule has 0 aliphatic rings. The van der Waals surface area contributed by atoms with E-state index in [9.17, 15) is 4.79 Å². The number of nitrogens with one attached hydrogen (secondary N) is 2. The number of amides is 1. The van der Waals surface area contributed by atoms with E-state index in [4.69, 9.17) is 5.11 Å². The molecule has 1 rings (SSSR count). The van der Waals surface area contributed by atoms with Crippen LogP contribution in [0.3, 0.4) is 0 Å². The molecule has 0 fully saturated rings. The van der Waals surface area contributed by atoms with E-state index < -0.39 is 0 Å². The van der Waals surface area contributed by atoms with Gasteiger partial charge in [-0.1, -0.05) is 20.3 Å². The molecule has 0 spiro atoms. The molecule has 1 aromatic heterocycles. The number of aromatic amines is 1. The van der Waals surface area contributed by atoms with Crippen molar-refractivity contribution >= 4 is 5.91 Å². The Kier molecular flexibility index (Phi) is 6.43. The van der Waals surface area contributed by atoms with Crippen LogP contribution in [0.25, 0.3) is 0 Å². The molecule has 1 aromatic rings. The smallest absolute Gasteiger partial charge is 0.271 e. The molecular weight excluding hydrogens is 230 g/mol. The molecule has 1 amide bonds. The van der Waals surface area contributed by atoms with Gasteiger partial charge in [-0.2, -0.15) is 5.10 Å². The third-order valence-corrected chi connectivity index (χ3v) is 3.03. The maximum Gasteiger partial charge on any atom is 0.271 e. The largest absolute Gasteiger partial charge is 0.396 e. The zero-order valence-corrected chi connectivity index (χ0v) is 11.2. The zero-order chi connectivity index (χ0) is 13.4. The van der Waals surface area contributed by atoms with E-state index in [0.29, 0.717) is 18.2 Å². The van der Waals surface area contributed by atoms with Gasteiger partial charge >= 0.3 is 0 Å². The highest BCUT2D eigenvalue weighted by molar-refractivity contribution is 5.92. The summed E-state index contributed by atoms with van der Waals surface area (Å²) in [5, 5.41) is 18.6. The Bertz CT molecular complexity index is 357. The van der Waals surface area contributed by atoms with Crippen LogP contribution in [0.4, 0.5) is 0 Å². The molecule has 0 aliphatic heterocycles. The van der Waals surface area contributed by atoms with Gasteiger partial charge in [-0.3, -0.25) is 9.89 Å². The van der Waals surface area contributed by atoms with Gasteiger partial charge in [0.05, 0.1) is 0 Å². The van der Waals surface area contributed by atoms with E-state index in [1.54, 1.807) is 6.07 Å². The van der Waals surface area contributed by atoms with E-state index in [2.05, 4.69) is 22.4 Å². The molecule has 0 aliphatic carbocycles. The van der Waals surface area contributed by atoms with E-state index in [0.717, 1.165) is 31.4 Å². The van der Waals surface area contributed by atoms with E-state index in [1.165, 1.54) is 0 Å². The minimum atomic E-state index is -0.148. The lowest BCUT2D eigenvalue weighted by Gasteiger charge is -2.14. The van der Waals surface area contributed by atoms with Gasteiger partial charge < -0.3 is 10.4 Å². The first-order valence-corrected chi connectivity index (χ1v) is 6.64. The number of aliphatic hydroxyl groups is 1. The molecule has 1 unspecified atom stereocenters. The van der Waals surface area contributed by atoms with E-state index in [1.807, 2.05) is 6.92 Å². The highest BCUT2D eigenvalue weighted by atomic mass is 16.3. The van der Waals surface area contributed by atoms with Gasteiger partial charge in [0.25, 0.3) is 5.91 Å². The number of hydrogen-bond donors (Lipinski definition) is 3. The maximum atomic E-state index is 11.8. The number of carbonyl (C=O) groups excluding carboxylic acids is 1. The normalized spacial score (nSPS) is 12.4. The van der Waals surface area contributed by atoms with Gasteiger partial charge in [-0.25, -0.2) is 0 Å². The Balaban J connectivity index is 2.43. The van der Waals surface area contributed by atoms with Gasteiger partial charge in [0, 0.05) is 18.8 Å². The van der Waals surface area contributed by atoms with Crippen LogP contribution in [0.1, 0.15) is 49.3 Å². The van der Waals surface area contributed by atoms with Crippen molar-refractivity contribution in [1.82, 2.24) is 15.5 Å². The molecule has 1 heterocycles. The maximum absolute atomic E-state index is 11.8. The van der Waals surface area contributed by atoms with Crippen molar-refractivity contribution < 1.29 is 9.90 Å². The first kappa shape index (κ1) is 14.7. The topological polar surface area (TPSA) is 78.0 Å². The second-order valence-electron chi connectivity index (χ2n) is 4.51. The zero-order valence-electron chi connectivity index (χ0n) is 11.2. The van der Waals surface area contributed by atoms with Crippen molar-refractivity contribution in [1.29, 1.82) is 0 Å². The number of aryl methyl sites for hydroxylation is 1. The molecule has 0 saturated heterocycles. The number of hydrogen-bond acceptors (Lipinski definition) is 3. The lowest BCUT2D eigenvalue weighted by molar-refractivity contribution is 0.0938. The predicted molar refractivity (Wildman–Crippen MR) is 70.4 cm³/mol. The summed E-state index contributed by atoms with van der Waals surface area (Å²) in [5.74, 6) is 0.193. The van der Waals surface area contributed by atoms with E-state index >= 15 is 0 Å². The Morgan fingerprint density at radius 1 is 1.50 bits per heavy atom. The molecule has 18 heavy (non-hydrogen) atoms. The lowest BCUT2D eigenvalue weighted by Crippen LogP contribution is -2.30. The van der Waals surface area contributed by atoms with Crippen LogP contribution in [-0.4, -0.2) is 34.4 Å². The van der Waals surface area contributed by atoms with Gasteiger partial charge in [0.2, 0.25) is 0 Å². The number of nitrogens with zero attached hydrogens (tertiary/aromatic N) is 1. The predicted octanol–water partition coefficient (Wildman–Crippen LogP) is 1.50. The molecule has 5 heteroatoms. The lowest BCUT2D eigenvalue weighted by atomic mass is 10.0. The molecule has 5 nitrogen and oxygen atoms in total. The van der Waals surface area contributed by atoms with Gasteiger partial charge in [-0.15, -0.1) is 0 Å². The first-order valence-electron chi connectivity index (χ1n) is 6.64. The quantitative estimate of drug-likeness (QED) is 0.657. The Hall–Kier alpha value is -1.36. The molecule has 3 N–H and O–H groups in total. The fourth-order valence-corrected chi connectivity index (χ4v) is 1.93. The number of carbonyl (C=O) groups is 1. The molecule has 0 bridgehead atoms. The molecule has 0 aromatic carbocycles. The summed E-state index contributed by atoms with van der Waals surface area (Å²) in [4.78, 5) is 11.8. The van der Waals surface area contributed by atoms with E-state index in [-0.39, 0.29) is 12.5 Å². The Labute approximate surface area is 108 Å². The van der Waals surface area contributed by atoms with Crippen LogP contribution >= 0.6 is 0 Å². The fraction of sp³-hybridized carbons (Fsp3) is 0.692. The molecule has 1 atom stereocenters. The van der Waals surface area contributed by atoms with Crippen molar-refractivity contribution in [2.24, 2.45) is 5.92 Å². The third-order valence-electron chi connectivity index (χ3n) is 3.03. The van der Waals surface area contributed by atoms with Crippen LogP contribution < -0.4 is 5.32 Å². The second-order valence-corrected chi connectivity index (χ2v) is 4.51. The molecule has 0 radical (unpaired) electrons. The minimum absolute atomic E-state index is 0.148. The van der Waals surface area contributed by atoms with Crippen molar-refractivity contribution in [3.8, 4) is 0 Å². The van der Waals surface area contributed by atoms with Crippen LogP contribution in [0.2, 0.25) is 0 Å². The summed E-state index contributed by atoms with van der Waals surface area (Å²) in [6.07, 6.45) is 3.64. The molecule has 102 valence electrons. The second kappa shape index (κ2) is 7.87. The number of H-pyrrole nitrogens is 1. The number of rotatable bonds is 8. The van der Waals surface area contributed by atoms with Gasteiger partial charge in [0.15, 0.2) is 0 Å². The Morgan fingerprint density at radius 2 is 2.28 bits per heavy atom. The summed E-state index contributed by atoms with van der Waals surface area (Å²) in [6, 6.07) is 1.77. The molecule has 0 saturated carbocycles. The summed E-state index contributed by atoms with van der Waals surface area (Å²) in [6.45, 7) is 4.88. The van der Waals surface area contributed by atoms with Gasteiger partial charge in [0.1, 0.15) is 5.69 Å². The molecular formula is C13H23N3O2. The summed E-state index contributed by atoms with van der Waals surface area (Å²) in [7, 11) is 0. The van der Waals surface area contributed by atoms with Gasteiger partial charge in [-0.05, 0) is 31.2 Å². The summed E-state index contributed by atoms with van der Waals surface area (Å²) in [5.41, 5.74) is 1.40. The monoisotopic (exact) mass is 253 g/mol. The van der Waals surface area contributed by atoms with Crippen molar-refractivity contribution in [2.75, 3.05) is 13.2 Å². The standard InChI is InChI=1S/C13H23N3O2/c1-3-5-10(6-7-17)9-14-13(18)12-8-11(4-2)15-16-12/h8,10,17H,3-7,9H2,1-2H3,(H,14,18)(H,15,16). The first-order chi connectivity index (χ1) is 8.71. The summed E-state index contributed by atoms with van der Waals surface area (Å²) < 4.78 is 0. The van der Waals surface area contributed by atoms with Crippen LogP contribution in [0.15, 0.2) is 6.07 Å². The fourth-order valence-electron chi connectivity index (χ4n) is 1.93. The average Bonchev–Trinajstić information content (AvgIpc) is 2.85.